The van der Waals surface area contributed by atoms with Crippen molar-refractivity contribution in [3.05, 3.63) is 34.3 Å². The van der Waals surface area contributed by atoms with E-state index in [4.69, 9.17) is 4.74 Å². The van der Waals surface area contributed by atoms with Gasteiger partial charge in [-0.05, 0) is 17.7 Å². The van der Waals surface area contributed by atoms with Crippen molar-refractivity contribution in [2.75, 3.05) is 6.61 Å². The first-order valence-corrected chi connectivity index (χ1v) is 6.04. The van der Waals surface area contributed by atoms with E-state index in [9.17, 15) is 4.79 Å². The van der Waals surface area contributed by atoms with E-state index < -0.39 is 0 Å². The van der Waals surface area contributed by atoms with Crippen molar-refractivity contribution in [2.45, 2.75) is 27.4 Å². The molecule has 88 valence electrons. The van der Waals surface area contributed by atoms with Gasteiger partial charge in [0.1, 0.15) is 6.61 Å². The molecule has 0 radical (unpaired) electrons. The van der Waals surface area contributed by atoms with Crippen molar-refractivity contribution in [1.82, 2.24) is 0 Å². The van der Waals surface area contributed by atoms with Crippen LogP contribution >= 0.6 is 15.9 Å². The van der Waals surface area contributed by atoms with E-state index in [-0.39, 0.29) is 17.8 Å². The van der Waals surface area contributed by atoms with Crippen LogP contribution in [0.15, 0.2) is 28.7 Å². The maximum absolute atomic E-state index is 11.6. The van der Waals surface area contributed by atoms with E-state index in [1.54, 1.807) is 0 Å². The van der Waals surface area contributed by atoms with Crippen molar-refractivity contribution < 1.29 is 9.53 Å². The Hall–Kier alpha value is -0.670. The number of ether oxygens (including phenoxy) is 1. The summed E-state index contributed by atoms with van der Waals surface area (Å²) >= 11 is 3.39. The third kappa shape index (κ3) is 4.45. The molecule has 0 aliphatic carbocycles. The first-order valence-electron chi connectivity index (χ1n) is 5.25. The van der Waals surface area contributed by atoms with E-state index >= 15 is 0 Å². The van der Waals surface area contributed by atoms with Gasteiger partial charge in [-0.3, -0.25) is 4.79 Å². The van der Waals surface area contributed by atoms with Crippen molar-refractivity contribution >= 4 is 21.7 Å². The Morgan fingerprint density at radius 1 is 1.38 bits per heavy atom. The van der Waals surface area contributed by atoms with Crippen molar-refractivity contribution in [1.29, 1.82) is 0 Å². The Morgan fingerprint density at radius 2 is 2.06 bits per heavy atom. The summed E-state index contributed by atoms with van der Waals surface area (Å²) < 4.78 is 6.42. The number of carbonyl (C=O) groups is 1. The smallest absolute Gasteiger partial charge is 0.163 e. The zero-order chi connectivity index (χ0) is 12.2. The second-order valence-corrected chi connectivity index (χ2v) is 5.71. The standard InChI is InChI=1S/C13H17BrO2/c1-13(2,3)12(15)9-16-8-10-5-4-6-11(14)7-10/h4-7H,8-9H2,1-3H3. The molecule has 0 spiro atoms. The van der Waals surface area contributed by atoms with Gasteiger partial charge in [-0.25, -0.2) is 0 Å². The van der Waals surface area contributed by atoms with Gasteiger partial charge in [0.05, 0.1) is 6.61 Å². The lowest BCUT2D eigenvalue weighted by molar-refractivity contribution is -0.131. The van der Waals surface area contributed by atoms with Gasteiger partial charge in [-0.2, -0.15) is 0 Å². The molecule has 0 unspecified atom stereocenters. The molecule has 0 fully saturated rings. The van der Waals surface area contributed by atoms with Gasteiger partial charge in [0, 0.05) is 9.89 Å². The SMILES string of the molecule is CC(C)(C)C(=O)COCc1cccc(Br)c1. The average molecular weight is 285 g/mol. The monoisotopic (exact) mass is 284 g/mol. The lowest BCUT2D eigenvalue weighted by Gasteiger charge is -2.16. The first kappa shape index (κ1) is 13.4. The molecular formula is C13H17BrO2. The van der Waals surface area contributed by atoms with Crippen LogP contribution in [0.4, 0.5) is 0 Å². The van der Waals surface area contributed by atoms with E-state index in [1.165, 1.54) is 0 Å². The maximum atomic E-state index is 11.6. The molecule has 0 saturated carbocycles. The summed E-state index contributed by atoms with van der Waals surface area (Å²) in [5.41, 5.74) is 0.744. The molecule has 0 aliphatic heterocycles. The Bertz CT molecular complexity index is 366. The van der Waals surface area contributed by atoms with Crippen LogP contribution in [0.5, 0.6) is 0 Å². The molecule has 0 amide bonds. The third-order valence-corrected chi connectivity index (χ3v) is 2.72. The summed E-state index contributed by atoms with van der Waals surface area (Å²) in [4.78, 5) is 11.6. The average Bonchev–Trinajstić information content (AvgIpc) is 2.16. The van der Waals surface area contributed by atoms with Gasteiger partial charge < -0.3 is 4.74 Å². The molecule has 0 heterocycles. The molecule has 0 bridgehead atoms. The fourth-order valence-corrected chi connectivity index (χ4v) is 1.55. The molecular weight excluding hydrogens is 268 g/mol. The topological polar surface area (TPSA) is 26.3 Å². The second kappa shape index (κ2) is 5.60. The van der Waals surface area contributed by atoms with Crippen LogP contribution in [0.1, 0.15) is 26.3 Å². The van der Waals surface area contributed by atoms with Gasteiger partial charge in [-0.1, -0.05) is 48.8 Å². The van der Waals surface area contributed by atoms with Crippen LogP contribution in [0.3, 0.4) is 0 Å². The molecule has 1 aromatic rings. The quantitative estimate of drug-likeness (QED) is 0.845. The highest BCUT2D eigenvalue weighted by atomic mass is 79.9. The number of hydrogen-bond acceptors (Lipinski definition) is 2. The minimum Gasteiger partial charge on any atom is -0.369 e. The summed E-state index contributed by atoms with van der Waals surface area (Å²) in [6.07, 6.45) is 0. The number of Topliss-reactive ketones (excluding diaryl/α,β-unsaturated/α-hetero) is 1. The summed E-state index contributed by atoms with van der Waals surface area (Å²) in [6, 6.07) is 7.88. The number of ketones is 1. The van der Waals surface area contributed by atoms with Gasteiger partial charge in [-0.15, -0.1) is 0 Å². The minimum atomic E-state index is -0.322. The zero-order valence-corrected chi connectivity index (χ0v) is 11.5. The Morgan fingerprint density at radius 3 is 2.62 bits per heavy atom. The second-order valence-electron chi connectivity index (χ2n) is 4.80. The van der Waals surface area contributed by atoms with Gasteiger partial charge in [0.25, 0.3) is 0 Å². The Kier molecular flexibility index (Phi) is 4.69. The third-order valence-electron chi connectivity index (χ3n) is 2.23. The van der Waals surface area contributed by atoms with Crippen molar-refractivity contribution in [3.63, 3.8) is 0 Å². The highest BCUT2D eigenvalue weighted by Crippen LogP contribution is 2.16. The van der Waals surface area contributed by atoms with Crippen LogP contribution in [-0.4, -0.2) is 12.4 Å². The largest absolute Gasteiger partial charge is 0.369 e. The van der Waals surface area contributed by atoms with Crippen LogP contribution in [0.2, 0.25) is 0 Å². The highest BCUT2D eigenvalue weighted by molar-refractivity contribution is 9.10. The Balaban J connectivity index is 2.39. The number of carbonyl (C=O) groups excluding carboxylic acids is 1. The van der Waals surface area contributed by atoms with Crippen molar-refractivity contribution in [2.24, 2.45) is 5.41 Å². The minimum absolute atomic E-state index is 0.127. The van der Waals surface area contributed by atoms with Crippen LogP contribution in [0.25, 0.3) is 0 Å². The van der Waals surface area contributed by atoms with Crippen LogP contribution in [0, 0.1) is 5.41 Å². The summed E-state index contributed by atoms with van der Waals surface area (Å²) in [6.45, 7) is 6.35. The summed E-state index contributed by atoms with van der Waals surface area (Å²) in [5.74, 6) is 0.127. The molecule has 0 atom stereocenters. The maximum Gasteiger partial charge on any atom is 0.163 e. The first-order chi connectivity index (χ1) is 7.39. The van der Waals surface area contributed by atoms with E-state index in [1.807, 2.05) is 45.0 Å². The normalized spacial score (nSPS) is 11.5. The molecule has 0 N–H and O–H groups in total. The predicted molar refractivity (Wildman–Crippen MR) is 68.3 cm³/mol. The number of benzene rings is 1. The molecule has 0 aromatic heterocycles. The molecule has 3 heteroatoms. The van der Waals surface area contributed by atoms with E-state index in [0.29, 0.717) is 6.61 Å². The molecule has 2 nitrogen and oxygen atoms in total. The number of halogens is 1. The molecule has 0 saturated heterocycles. The van der Waals surface area contributed by atoms with E-state index in [0.717, 1.165) is 10.0 Å². The molecule has 1 rings (SSSR count). The number of hydrogen-bond donors (Lipinski definition) is 0. The van der Waals surface area contributed by atoms with Crippen LogP contribution in [-0.2, 0) is 16.1 Å². The van der Waals surface area contributed by atoms with Crippen LogP contribution < -0.4 is 0 Å². The summed E-state index contributed by atoms with van der Waals surface area (Å²) in [5, 5.41) is 0. The lowest BCUT2D eigenvalue weighted by atomic mass is 9.91. The van der Waals surface area contributed by atoms with Gasteiger partial charge >= 0.3 is 0 Å². The molecule has 1 aromatic carbocycles. The van der Waals surface area contributed by atoms with E-state index in [2.05, 4.69) is 15.9 Å². The fourth-order valence-electron chi connectivity index (χ4n) is 1.10. The van der Waals surface area contributed by atoms with Gasteiger partial charge in [0.2, 0.25) is 0 Å². The van der Waals surface area contributed by atoms with Crippen molar-refractivity contribution in [3.8, 4) is 0 Å². The van der Waals surface area contributed by atoms with Gasteiger partial charge in [0.15, 0.2) is 5.78 Å². The molecule has 16 heavy (non-hydrogen) atoms. The highest BCUT2D eigenvalue weighted by Gasteiger charge is 2.20. The fraction of sp³-hybridized carbons (Fsp3) is 0.462. The number of rotatable bonds is 4. The lowest BCUT2D eigenvalue weighted by Crippen LogP contribution is -2.24. The Labute approximate surface area is 105 Å². The molecule has 0 aliphatic rings. The zero-order valence-electron chi connectivity index (χ0n) is 9.92. The predicted octanol–water partition coefficient (Wildman–Crippen LogP) is 3.58. The summed E-state index contributed by atoms with van der Waals surface area (Å²) in [7, 11) is 0.